The normalized spacial score (nSPS) is 14.6. The molecular formula is C17H20N4O6. The lowest BCUT2D eigenvalue weighted by molar-refractivity contribution is -0.385. The number of nitro groups is 1. The summed E-state index contributed by atoms with van der Waals surface area (Å²) in [6, 6.07) is 5.70. The molecule has 0 aliphatic carbocycles. The van der Waals surface area contributed by atoms with E-state index in [9.17, 15) is 19.7 Å². The van der Waals surface area contributed by atoms with Crippen molar-refractivity contribution in [2.24, 2.45) is 11.5 Å². The molecule has 0 unspecified atom stereocenters. The van der Waals surface area contributed by atoms with Gasteiger partial charge in [0, 0.05) is 11.6 Å². The van der Waals surface area contributed by atoms with Crippen molar-refractivity contribution in [3.8, 4) is 0 Å². The van der Waals surface area contributed by atoms with Gasteiger partial charge in [-0.2, -0.15) is 0 Å². The van der Waals surface area contributed by atoms with Crippen LogP contribution >= 0.6 is 0 Å². The van der Waals surface area contributed by atoms with Gasteiger partial charge in [0.2, 0.25) is 0 Å². The van der Waals surface area contributed by atoms with E-state index in [1.54, 1.807) is 19.9 Å². The molecule has 1 aliphatic rings. The smallest absolute Gasteiger partial charge is 0.338 e. The van der Waals surface area contributed by atoms with Crippen LogP contribution in [0.25, 0.3) is 0 Å². The van der Waals surface area contributed by atoms with Crippen LogP contribution in [0.15, 0.2) is 47.1 Å². The predicted octanol–water partition coefficient (Wildman–Crippen LogP) is 0.748. The molecule has 1 aliphatic heterocycles. The summed E-state index contributed by atoms with van der Waals surface area (Å²) >= 11 is 0. The van der Waals surface area contributed by atoms with Crippen LogP contribution in [0.3, 0.4) is 0 Å². The lowest BCUT2D eigenvalue weighted by Crippen LogP contribution is -2.39. The number of nitro benzene ring substituents is 1. The summed E-state index contributed by atoms with van der Waals surface area (Å²) in [5, 5.41) is 14.0. The molecule has 0 atom stereocenters. The molecule has 144 valence electrons. The number of para-hydroxylation sites is 1. The third-order valence-electron chi connectivity index (χ3n) is 3.86. The van der Waals surface area contributed by atoms with Gasteiger partial charge in [0.05, 0.1) is 35.2 Å². The van der Waals surface area contributed by atoms with E-state index in [1.165, 1.54) is 18.2 Å². The molecule has 0 saturated carbocycles. The highest BCUT2D eigenvalue weighted by atomic mass is 16.6. The number of hydrogen-bond donors (Lipinski definition) is 3. The molecular weight excluding hydrogens is 356 g/mol. The number of esters is 2. The highest BCUT2D eigenvalue weighted by Crippen LogP contribution is 2.41. The molecule has 0 bridgehead atoms. The molecule has 5 N–H and O–H groups in total. The zero-order valence-electron chi connectivity index (χ0n) is 14.9. The van der Waals surface area contributed by atoms with Gasteiger partial charge in [0.15, 0.2) is 0 Å². The Balaban J connectivity index is 2.75. The second kappa shape index (κ2) is 8.21. The third-order valence-corrected chi connectivity index (χ3v) is 3.86. The summed E-state index contributed by atoms with van der Waals surface area (Å²) in [5.74, 6) is -3.16. The molecule has 0 radical (unpaired) electrons. The van der Waals surface area contributed by atoms with Crippen molar-refractivity contribution in [1.29, 1.82) is 0 Å². The largest absolute Gasteiger partial charge is 0.463 e. The molecule has 1 heterocycles. The number of carbonyl (C=O) groups is 2. The number of nitrogens with zero attached hydrogens (tertiary/aromatic N) is 1. The second-order valence-corrected chi connectivity index (χ2v) is 5.47. The monoisotopic (exact) mass is 376 g/mol. The maximum atomic E-state index is 12.5. The second-order valence-electron chi connectivity index (χ2n) is 5.47. The van der Waals surface area contributed by atoms with Gasteiger partial charge in [-0.15, -0.1) is 0 Å². The molecule has 1 aromatic rings. The summed E-state index contributed by atoms with van der Waals surface area (Å²) in [4.78, 5) is 35.9. The number of ether oxygens (including phenoxy) is 2. The Kier molecular flexibility index (Phi) is 6.01. The van der Waals surface area contributed by atoms with Gasteiger partial charge in [-0.25, -0.2) is 9.59 Å². The van der Waals surface area contributed by atoms with E-state index in [2.05, 4.69) is 5.32 Å². The summed E-state index contributed by atoms with van der Waals surface area (Å²) in [7, 11) is 0. The standard InChI is InChI=1S/C17H20N4O6/c1-3-26-16(22)12-11(9-7-5-6-8-10(9)21(24)25)13(17(23)27-4-2)15(19)20-14(12)18/h5-8,11,20H,3-4,18-19H2,1-2H3. The Morgan fingerprint density at radius 1 is 1.07 bits per heavy atom. The molecule has 0 fully saturated rings. The van der Waals surface area contributed by atoms with Gasteiger partial charge in [-0.3, -0.25) is 10.1 Å². The topological polar surface area (TPSA) is 160 Å². The third kappa shape index (κ3) is 3.84. The number of nitrogens with one attached hydrogen (secondary N) is 1. The van der Waals surface area contributed by atoms with Crippen LogP contribution in [0.1, 0.15) is 25.3 Å². The van der Waals surface area contributed by atoms with Crippen LogP contribution < -0.4 is 16.8 Å². The minimum atomic E-state index is -1.22. The summed E-state index contributed by atoms with van der Waals surface area (Å²) in [6.45, 7) is 3.29. The molecule has 1 aromatic carbocycles. The predicted molar refractivity (Wildman–Crippen MR) is 94.7 cm³/mol. The minimum absolute atomic E-state index is 0.0488. The van der Waals surface area contributed by atoms with E-state index in [0.717, 1.165) is 0 Å². The number of rotatable bonds is 6. The molecule has 0 amide bonds. The average molecular weight is 376 g/mol. The highest BCUT2D eigenvalue weighted by molar-refractivity contribution is 6.00. The Labute approximate surface area is 154 Å². The van der Waals surface area contributed by atoms with Crippen LogP contribution in [-0.2, 0) is 19.1 Å². The maximum Gasteiger partial charge on any atom is 0.338 e. The fraction of sp³-hybridized carbons (Fsp3) is 0.294. The fourth-order valence-corrected chi connectivity index (χ4v) is 2.82. The van der Waals surface area contributed by atoms with Gasteiger partial charge >= 0.3 is 11.9 Å². The van der Waals surface area contributed by atoms with Crippen LogP contribution in [-0.4, -0.2) is 30.1 Å². The SMILES string of the molecule is CCOC(=O)C1=C(N)NC(N)=C(C(=O)OCC)C1c1ccccc1[N+](=O)[O-]. The average Bonchev–Trinajstić information content (AvgIpc) is 2.61. The van der Waals surface area contributed by atoms with Crippen molar-refractivity contribution in [3.05, 3.63) is 62.7 Å². The molecule has 10 nitrogen and oxygen atoms in total. The van der Waals surface area contributed by atoms with E-state index >= 15 is 0 Å². The van der Waals surface area contributed by atoms with Crippen molar-refractivity contribution < 1.29 is 24.0 Å². The Morgan fingerprint density at radius 2 is 1.56 bits per heavy atom. The number of dihydropyridines is 1. The van der Waals surface area contributed by atoms with Crippen molar-refractivity contribution in [1.82, 2.24) is 5.32 Å². The number of benzene rings is 1. The zero-order valence-corrected chi connectivity index (χ0v) is 14.9. The molecule has 10 heteroatoms. The molecule has 0 spiro atoms. The van der Waals surface area contributed by atoms with Gasteiger partial charge in [-0.05, 0) is 13.8 Å². The molecule has 2 rings (SSSR count). The quantitative estimate of drug-likeness (QED) is 0.370. The first-order valence-electron chi connectivity index (χ1n) is 8.17. The van der Waals surface area contributed by atoms with Gasteiger partial charge in [0.25, 0.3) is 5.69 Å². The summed E-state index contributed by atoms with van der Waals surface area (Å²) in [5.41, 5.74) is 11.3. The molecule has 0 saturated heterocycles. The van der Waals surface area contributed by atoms with Gasteiger partial charge < -0.3 is 26.3 Å². The van der Waals surface area contributed by atoms with Crippen LogP contribution in [0.5, 0.6) is 0 Å². The zero-order chi connectivity index (χ0) is 20.1. The Bertz CT molecular complexity index is 806. The number of nitrogens with two attached hydrogens (primary N) is 2. The first-order valence-corrected chi connectivity index (χ1v) is 8.17. The number of carbonyl (C=O) groups excluding carboxylic acids is 2. The van der Waals surface area contributed by atoms with Crippen molar-refractivity contribution in [3.63, 3.8) is 0 Å². The van der Waals surface area contributed by atoms with Crippen molar-refractivity contribution in [2.75, 3.05) is 13.2 Å². The minimum Gasteiger partial charge on any atom is -0.463 e. The van der Waals surface area contributed by atoms with E-state index in [-0.39, 0.29) is 47.3 Å². The lowest BCUT2D eigenvalue weighted by Gasteiger charge is -2.29. The Hall–Kier alpha value is -3.56. The van der Waals surface area contributed by atoms with E-state index in [0.29, 0.717) is 0 Å². The molecule has 27 heavy (non-hydrogen) atoms. The summed E-state index contributed by atoms with van der Waals surface area (Å²) < 4.78 is 10.0. The number of hydrogen-bond acceptors (Lipinski definition) is 9. The maximum absolute atomic E-state index is 12.5. The first-order chi connectivity index (χ1) is 12.8. The van der Waals surface area contributed by atoms with Gasteiger partial charge in [-0.1, -0.05) is 18.2 Å². The van der Waals surface area contributed by atoms with Crippen molar-refractivity contribution >= 4 is 17.6 Å². The van der Waals surface area contributed by atoms with Crippen LogP contribution in [0.2, 0.25) is 0 Å². The van der Waals surface area contributed by atoms with E-state index in [4.69, 9.17) is 20.9 Å². The lowest BCUT2D eigenvalue weighted by atomic mass is 9.81. The van der Waals surface area contributed by atoms with Crippen LogP contribution in [0, 0.1) is 10.1 Å². The van der Waals surface area contributed by atoms with E-state index < -0.39 is 22.8 Å². The van der Waals surface area contributed by atoms with Gasteiger partial charge in [0.1, 0.15) is 11.6 Å². The summed E-state index contributed by atoms with van der Waals surface area (Å²) in [6.07, 6.45) is 0. The fourth-order valence-electron chi connectivity index (χ4n) is 2.82. The highest BCUT2D eigenvalue weighted by Gasteiger charge is 2.41. The van der Waals surface area contributed by atoms with Crippen molar-refractivity contribution in [2.45, 2.75) is 19.8 Å². The molecule has 0 aromatic heterocycles. The van der Waals surface area contributed by atoms with E-state index in [1.807, 2.05) is 0 Å². The first kappa shape index (κ1) is 19.8. The Morgan fingerprint density at radius 3 is 2.00 bits per heavy atom. The van der Waals surface area contributed by atoms with Crippen LogP contribution in [0.4, 0.5) is 5.69 Å².